The number of nitrogens with one attached hydrogen (secondary N) is 1. The minimum Gasteiger partial charge on any atom is -0.320 e. The predicted molar refractivity (Wildman–Crippen MR) is 85.3 cm³/mol. The van der Waals surface area contributed by atoms with E-state index in [1.165, 1.54) is 22.5 Å². The average molecular weight is 304 g/mol. The number of aromatic nitrogens is 2. The van der Waals surface area contributed by atoms with Crippen molar-refractivity contribution in [3.8, 4) is 0 Å². The van der Waals surface area contributed by atoms with Gasteiger partial charge in [0.15, 0.2) is 0 Å². The lowest BCUT2D eigenvalue weighted by molar-refractivity contribution is -0.118. The quantitative estimate of drug-likeness (QED) is 0.888. The van der Waals surface area contributed by atoms with Gasteiger partial charge in [-0.05, 0) is 18.4 Å². The van der Waals surface area contributed by atoms with Crippen LogP contribution < -0.4 is 11.1 Å². The van der Waals surface area contributed by atoms with Crippen LogP contribution in [-0.2, 0) is 11.2 Å². The van der Waals surface area contributed by atoms with Crippen LogP contribution in [0.4, 0.5) is 5.13 Å². The highest BCUT2D eigenvalue weighted by atomic mass is 32.1. The first-order valence-electron chi connectivity index (χ1n) is 6.90. The van der Waals surface area contributed by atoms with E-state index in [0.29, 0.717) is 11.6 Å². The third kappa shape index (κ3) is 4.34. The summed E-state index contributed by atoms with van der Waals surface area (Å²) in [6.45, 7) is 5.88. The SMILES string of the molecule is Cc1ccc(Cc2nnc(NC(=O)[C@@H](N)C(C)C)s2)cc1. The predicted octanol–water partition coefficient (Wildman–Crippen LogP) is 2.36. The number of rotatable bonds is 5. The number of amides is 1. The van der Waals surface area contributed by atoms with E-state index in [4.69, 9.17) is 5.73 Å². The van der Waals surface area contributed by atoms with Gasteiger partial charge in [0.05, 0.1) is 6.04 Å². The maximum Gasteiger partial charge on any atom is 0.243 e. The summed E-state index contributed by atoms with van der Waals surface area (Å²) >= 11 is 1.38. The van der Waals surface area contributed by atoms with E-state index in [-0.39, 0.29) is 11.8 Å². The van der Waals surface area contributed by atoms with E-state index < -0.39 is 6.04 Å². The highest BCUT2D eigenvalue weighted by Crippen LogP contribution is 2.19. The molecule has 2 aromatic rings. The monoisotopic (exact) mass is 304 g/mol. The minimum atomic E-state index is -0.533. The minimum absolute atomic E-state index is 0.0879. The van der Waals surface area contributed by atoms with Crippen LogP contribution in [0.5, 0.6) is 0 Å². The molecule has 0 unspecified atom stereocenters. The molecule has 1 aromatic carbocycles. The van der Waals surface area contributed by atoms with Gasteiger partial charge in [-0.3, -0.25) is 10.1 Å². The van der Waals surface area contributed by atoms with Gasteiger partial charge in [-0.15, -0.1) is 10.2 Å². The van der Waals surface area contributed by atoms with E-state index in [0.717, 1.165) is 5.01 Å². The molecule has 0 spiro atoms. The first kappa shape index (κ1) is 15.6. The molecule has 21 heavy (non-hydrogen) atoms. The lowest BCUT2D eigenvalue weighted by Crippen LogP contribution is -2.39. The fourth-order valence-corrected chi connectivity index (χ4v) is 2.52. The summed E-state index contributed by atoms with van der Waals surface area (Å²) in [4.78, 5) is 11.9. The maximum absolute atomic E-state index is 11.9. The topological polar surface area (TPSA) is 80.9 Å². The summed E-state index contributed by atoms with van der Waals surface area (Å²) in [6, 6.07) is 7.75. The third-order valence-electron chi connectivity index (χ3n) is 3.19. The first-order chi connectivity index (χ1) is 9.95. The molecule has 0 fully saturated rings. The Balaban J connectivity index is 1.98. The van der Waals surface area contributed by atoms with Crippen molar-refractivity contribution in [3.63, 3.8) is 0 Å². The van der Waals surface area contributed by atoms with Crippen LogP contribution in [-0.4, -0.2) is 22.1 Å². The van der Waals surface area contributed by atoms with Crippen LogP contribution in [0.3, 0.4) is 0 Å². The molecular weight excluding hydrogens is 284 g/mol. The van der Waals surface area contributed by atoms with Crippen LogP contribution >= 0.6 is 11.3 Å². The zero-order valence-electron chi connectivity index (χ0n) is 12.5. The molecule has 1 amide bonds. The standard InChI is InChI=1S/C15H20N4OS/c1-9(2)13(16)14(20)17-15-19-18-12(21-15)8-11-6-4-10(3)5-7-11/h4-7,9,13H,8,16H2,1-3H3,(H,17,19,20)/t13-/m0/s1. The highest BCUT2D eigenvalue weighted by Gasteiger charge is 2.18. The second kappa shape index (κ2) is 6.78. The smallest absolute Gasteiger partial charge is 0.243 e. The number of anilines is 1. The summed E-state index contributed by atoms with van der Waals surface area (Å²) < 4.78 is 0. The summed E-state index contributed by atoms with van der Waals surface area (Å²) in [5.41, 5.74) is 8.20. The number of hydrogen-bond acceptors (Lipinski definition) is 5. The van der Waals surface area contributed by atoms with Crippen molar-refractivity contribution in [2.45, 2.75) is 33.2 Å². The zero-order chi connectivity index (χ0) is 15.4. The number of benzene rings is 1. The maximum atomic E-state index is 11.9. The second-order valence-corrected chi connectivity index (χ2v) is 6.48. The van der Waals surface area contributed by atoms with Gasteiger partial charge in [0.1, 0.15) is 5.01 Å². The van der Waals surface area contributed by atoms with E-state index in [2.05, 4.69) is 46.7 Å². The molecule has 0 bridgehead atoms. The van der Waals surface area contributed by atoms with Crippen molar-refractivity contribution in [3.05, 3.63) is 40.4 Å². The van der Waals surface area contributed by atoms with Crippen LogP contribution in [0.25, 0.3) is 0 Å². The number of hydrogen-bond donors (Lipinski definition) is 2. The van der Waals surface area contributed by atoms with E-state index >= 15 is 0 Å². The Bertz CT molecular complexity index is 606. The summed E-state index contributed by atoms with van der Waals surface area (Å²) in [5, 5.41) is 12.2. The molecule has 112 valence electrons. The van der Waals surface area contributed by atoms with E-state index in [9.17, 15) is 4.79 Å². The van der Waals surface area contributed by atoms with Crippen molar-refractivity contribution in [2.24, 2.45) is 11.7 Å². The van der Waals surface area contributed by atoms with Crippen LogP contribution in [0.15, 0.2) is 24.3 Å². The van der Waals surface area contributed by atoms with Crippen molar-refractivity contribution >= 4 is 22.4 Å². The largest absolute Gasteiger partial charge is 0.320 e. The summed E-state index contributed by atoms with van der Waals surface area (Å²) in [6.07, 6.45) is 0.712. The Hall–Kier alpha value is -1.79. The molecule has 0 aliphatic carbocycles. The lowest BCUT2D eigenvalue weighted by Gasteiger charge is -2.13. The molecule has 1 heterocycles. The molecule has 6 heteroatoms. The van der Waals surface area contributed by atoms with E-state index in [1.807, 2.05) is 13.8 Å². The number of carbonyl (C=O) groups excluding carboxylic acids is 1. The van der Waals surface area contributed by atoms with Crippen LogP contribution in [0.1, 0.15) is 30.0 Å². The summed E-state index contributed by atoms with van der Waals surface area (Å²) in [5.74, 6) is -0.131. The molecule has 0 aliphatic rings. The van der Waals surface area contributed by atoms with Gasteiger partial charge in [0.2, 0.25) is 11.0 Å². The van der Waals surface area contributed by atoms with Gasteiger partial charge in [-0.2, -0.15) is 0 Å². The van der Waals surface area contributed by atoms with Gasteiger partial charge in [-0.1, -0.05) is 55.0 Å². The Morgan fingerprint density at radius 3 is 2.57 bits per heavy atom. The van der Waals surface area contributed by atoms with Crippen molar-refractivity contribution in [1.82, 2.24) is 10.2 Å². The Morgan fingerprint density at radius 1 is 1.29 bits per heavy atom. The second-order valence-electron chi connectivity index (χ2n) is 5.42. The average Bonchev–Trinajstić information content (AvgIpc) is 2.87. The molecule has 0 radical (unpaired) electrons. The fraction of sp³-hybridized carbons (Fsp3) is 0.400. The molecule has 3 N–H and O–H groups in total. The normalized spacial score (nSPS) is 12.4. The number of nitrogens with two attached hydrogens (primary N) is 1. The van der Waals surface area contributed by atoms with Gasteiger partial charge in [0.25, 0.3) is 0 Å². The van der Waals surface area contributed by atoms with Crippen LogP contribution in [0, 0.1) is 12.8 Å². The summed E-state index contributed by atoms with van der Waals surface area (Å²) in [7, 11) is 0. The third-order valence-corrected chi connectivity index (χ3v) is 4.03. The Labute approximate surface area is 128 Å². The molecule has 1 atom stereocenters. The Kier molecular flexibility index (Phi) is 5.03. The molecule has 5 nitrogen and oxygen atoms in total. The zero-order valence-corrected chi connectivity index (χ0v) is 13.3. The number of carbonyl (C=O) groups is 1. The van der Waals surface area contributed by atoms with Crippen molar-refractivity contribution < 1.29 is 4.79 Å². The fourth-order valence-electron chi connectivity index (χ4n) is 1.75. The van der Waals surface area contributed by atoms with Gasteiger partial charge in [-0.25, -0.2) is 0 Å². The molecular formula is C15H20N4OS. The molecule has 0 saturated heterocycles. The number of aryl methyl sites for hydroxylation is 1. The van der Waals surface area contributed by atoms with Crippen molar-refractivity contribution in [2.75, 3.05) is 5.32 Å². The number of nitrogens with zero attached hydrogens (tertiary/aromatic N) is 2. The van der Waals surface area contributed by atoms with Crippen molar-refractivity contribution in [1.29, 1.82) is 0 Å². The molecule has 0 saturated carbocycles. The molecule has 2 rings (SSSR count). The first-order valence-corrected chi connectivity index (χ1v) is 7.71. The van der Waals surface area contributed by atoms with E-state index in [1.54, 1.807) is 0 Å². The van der Waals surface area contributed by atoms with Crippen LogP contribution in [0.2, 0.25) is 0 Å². The molecule has 0 aliphatic heterocycles. The highest BCUT2D eigenvalue weighted by molar-refractivity contribution is 7.15. The van der Waals surface area contributed by atoms with Gasteiger partial charge >= 0.3 is 0 Å². The Morgan fingerprint density at radius 2 is 1.95 bits per heavy atom. The van der Waals surface area contributed by atoms with Gasteiger partial charge < -0.3 is 5.73 Å². The lowest BCUT2D eigenvalue weighted by atomic mass is 10.1. The molecule has 1 aromatic heterocycles. The van der Waals surface area contributed by atoms with Gasteiger partial charge in [0, 0.05) is 6.42 Å².